The van der Waals surface area contributed by atoms with Gasteiger partial charge in [0.1, 0.15) is 5.82 Å². The van der Waals surface area contributed by atoms with Crippen molar-refractivity contribution in [2.75, 3.05) is 19.0 Å². The Hall–Kier alpha value is -3.54. The summed E-state index contributed by atoms with van der Waals surface area (Å²) in [5, 5.41) is 2.87. The lowest BCUT2D eigenvalue weighted by atomic mass is 10.1. The van der Waals surface area contributed by atoms with E-state index in [1.807, 2.05) is 54.7 Å². The zero-order chi connectivity index (χ0) is 21.6. The molecule has 6 heteroatoms. The van der Waals surface area contributed by atoms with Crippen molar-refractivity contribution in [3.8, 4) is 22.9 Å². The third-order valence-corrected chi connectivity index (χ3v) is 5.40. The molecule has 0 spiro atoms. The van der Waals surface area contributed by atoms with Crippen LogP contribution >= 0.6 is 0 Å². The van der Waals surface area contributed by atoms with Gasteiger partial charge in [-0.25, -0.2) is 4.98 Å². The molecule has 3 aromatic rings. The molecule has 31 heavy (non-hydrogen) atoms. The van der Waals surface area contributed by atoms with Gasteiger partial charge in [0.25, 0.3) is 5.91 Å². The quantitative estimate of drug-likeness (QED) is 0.542. The molecule has 0 atom stereocenters. The number of rotatable bonds is 8. The first-order chi connectivity index (χ1) is 15.2. The minimum Gasteiger partial charge on any atom is -0.493 e. The van der Waals surface area contributed by atoms with E-state index in [1.165, 1.54) is 18.5 Å². The molecule has 0 bridgehead atoms. The Morgan fingerprint density at radius 2 is 2.03 bits per heavy atom. The summed E-state index contributed by atoms with van der Waals surface area (Å²) < 4.78 is 13.3. The minimum atomic E-state index is -0.233. The Morgan fingerprint density at radius 3 is 2.81 bits per heavy atom. The number of fused-ring (bicyclic) bond motifs is 1. The van der Waals surface area contributed by atoms with Crippen LogP contribution in [0.2, 0.25) is 0 Å². The Morgan fingerprint density at radius 1 is 1.19 bits per heavy atom. The molecule has 1 aliphatic heterocycles. The molecule has 6 nitrogen and oxygen atoms in total. The van der Waals surface area contributed by atoms with Gasteiger partial charge in [-0.15, -0.1) is 6.58 Å². The molecule has 0 aliphatic carbocycles. The van der Waals surface area contributed by atoms with Crippen LogP contribution in [0.5, 0.6) is 11.5 Å². The second kappa shape index (κ2) is 9.51. The SMILES string of the molecule is C=CCc1ccc(OCC(=O)Nc2ccc(-c3ncc4n3CCCC4)cc2)c(OC)c1. The number of imidazole rings is 1. The van der Waals surface area contributed by atoms with E-state index in [0.29, 0.717) is 11.5 Å². The first-order valence-corrected chi connectivity index (χ1v) is 10.5. The second-order valence-corrected chi connectivity index (χ2v) is 7.57. The van der Waals surface area contributed by atoms with Crippen molar-refractivity contribution >= 4 is 11.6 Å². The highest BCUT2D eigenvalue weighted by atomic mass is 16.5. The van der Waals surface area contributed by atoms with Gasteiger partial charge < -0.3 is 19.4 Å². The van der Waals surface area contributed by atoms with E-state index in [-0.39, 0.29) is 12.5 Å². The zero-order valence-corrected chi connectivity index (χ0v) is 17.8. The molecule has 0 fully saturated rings. The van der Waals surface area contributed by atoms with Crippen molar-refractivity contribution < 1.29 is 14.3 Å². The van der Waals surface area contributed by atoms with E-state index in [9.17, 15) is 4.79 Å². The van der Waals surface area contributed by atoms with Gasteiger partial charge in [-0.1, -0.05) is 12.1 Å². The minimum absolute atomic E-state index is 0.104. The van der Waals surface area contributed by atoms with E-state index in [0.717, 1.165) is 42.0 Å². The van der Waals surface area contributed by atoms with Gasteiger partial charge in [0.2, 0.25) is 0 Å². The number of aryl methyl sites for hydroxylation is 1. The van der Waals surface area contributed by atoms with Crippen molar-refractivity contribution in [1.29, 1.82) is 0 Å². The predicted molar refractivity (Wildman–Crippen MR) is 122 cm³/mol. The van der Waals surface area contributed by atoms with Crippen LogP contribution < -0.4 is 14.8 Å². The number of benzene rings is 2. The van der Waals surface area contributed by atoms with E-state index >= 15 is 0 Å². The molecule has 4 rings (SSSR count). The van der Waals surface area contributed by atoms with Gasteiger partial charge in [0, 0.05) is 29.7 Å². The lowest BCUT2D eigenvalue weighted by Crippen LogP contribution is -2.20. The van der Waals surface area contributed by atoms with Crippen molar-refractivity contribution in [2.45, 2.75) is 32.2 Å². The number of anilines is 1. The number of aromatic nitrogens is 2. The average molecular weight is 418 g/mol. The summed E-state index contributed by atoms with van der Waals surface area (Å²) in [6, 6.07) is 13.4. The number of nitrogens with one attached hydrogen (secondary N) is 1. The van der Waals surface area contributed by atoms with Crippen LogP contribution in [-0.4, -0.2) is 29.2 Å². The maximum absolute atomic E-state index is 12.4. The number of hydrogen-bond donors (Lipinski definition) is 1. The number of carbonyl (C=O) groups is 1. The first-order valence-electron chi connectivity index (χ1n) is 10.5. The summed E-state index contributed by atoms with van der Waals surface area (Å²) in [6.07, 6.45) is 8.04. The largest absolute Gasteiger partial charge is 0.493 e. The fourth-order valence-electron chi connectivity index (χ4n) is 3.83. The van der Waals surface area contributed by atoms with Crippen LogP contribution in [0, 0.1) is 0 Å². The Labute approximate surface area is 182 Å². The van der Waals surface area contributed by atoms with Crippen molar-refractivity contribution in [1.82, 2.24) is 9.55 Å². The van der Waals surface area contributed by atoms with E-state index < -0.39 is 0 Å². The highest BCUT2D eigenvalue weighted by Gasteiger charge is 2.15. The van der Waals surface area contributed by atoms with Gasteiger partial charge in [0.15, 0.2) is 18.1 Å². The van der Waals surface area contributed by atoms with Gasteiger partial charge in [-0.3, -0.25) is 4.79 Å². The molecule has 2 heterocycles. The first kappa shape index (κ1) is 20.7. The Kier molecular flexibility index (Phi) is 6.36. The van der Waals surface area contributed by atoms with E-state index in [4.69, 9.17) is 9.47 Å². The fourth-order valence-corrected chi connectivity index (χ4v) is 3.83. The number of ether oxygens (including phenoxy) is 2. The molecule has 2 aromatic carbocycles. The fraction of sp³-hybridized carbons (Fsp3) is 0.280. The average Bonchev–Trinajstić information content (AvgIpc) is 3.23. The van der Waals surface area contributed by atoms with E-state index in [2.05, 4.69) is 21.4 Å². The maximum atomic E-state index is 12.4. The Bertz CT molecular complexity index is 1070. The standard InChI is InChI=1S/C25H27N3O3/c1-3-6-18-8-13-22(23(15-18)30-2)31-17-24(29)27-20-11-9-19(10-12-20)25-26-16-21-7-4-5-14-28(21)25/h3,8-13,15-16H,1,4-7,14,17H2,2H3,(H,27,29). The zero-order valence-electron chi connectivity index (χ0n) is 17.8. The number of nitrogens with zero attached hydrogens (tertiary/aromatic N) is 2. The number of carbonyl (C=O) groups excluding carboxylic acids is 1. The molecule has 0 unspecified atom stereocenters. The molecule has 160 valence electrons. The van der Waals surface area contributed by atoms with Gasteiger partial charge in [-0.2, -0.15) is 0 Å². The number of methoxy groups -OCH3 is 1. The van der Waals surface area contributed by atoms with Crippen LogP contribution in [0.3, 0.4) is 0 Å². The maximum Gasteiger partial charge on any atom is 0.262 e. The molecular formula is C25H27N3O3. The third-order valence-electron chi connectivity index (χ3n) is 5.40. The molecule has 1 aromatic heterocycles. The van der Waals surface area contributed by atoms with Gasteiger partial charge in [-0.05, 0) is 67.6 Å². The lowest BCUT2D eigenvalue weighted by molar-refractivity contribution is -0.118. The van der Waals surface area contributed by atoms with Crippen LogP contribution in [0.4, 0.5) is 5.69 Å². The van der Waals surface area contributed by atoms with Gasteiger partial charge in [0.05, 0.1) is 7.11 Å². The van der Waals surface area contributed by atoms with Gasteiger partial charge >= 0.3 is 0 Å². The van der Waals surface area contributed by atoms with Crippen molar-refractivity contribution in [2.24, 2.45) is 0 Å². The lowest BCUT2D eigenvalue weighted by Gasteiger charge is -2.16. The summed E-state index contributed by atoms with van der Waals surface area (Å²) in [7, 11) is 1.58. The topological polar surface area (TPSA) is 65.4 Å². The third kappa shape index (κ3) is 4.79. The highest BCUT2D eigenvalue weighted by molar-refractivity contribution is 5.92. The monoisotopic (exact) mass is 417 g/mol. The summed E-state index contributed by atoms with van der Waals surface area (Å²) in [6.45, 7) is 4.65. The van der Waals surface area contributed by atoms with Crippen LogP contribution in [0.25, 0.3) is 11.4 Å². The predicted octanol–water partition coefficient (Wildman–Crippen LogP) is 4.64. The number of hydrogen-bond acceptors (Lipinski definition) is 4. The normalized spacial score (nSPS) is 12.7. The highest BCUT2D eigenvalue weighted by Crippen LogP contribution is 2.29. The van der Waals surface area contributed by atoms with Crippen LogP contribution in [0.15, 0.2) is 61.3 Å². The summed E-state index contributed by atoms with van der Waals surface area (Å²) >= 11 is 0. The summed E-state index contributed by atoms with van der Waals surface area (Å²) in [4.78, 5) is 16.9. The molecule has 0 saturated carbocycles. The smallest absolute Gasteiger partial charge is 0.262 e. The Balaban J connectivity index is 1.36. The summed E-state index contributed by atoms with van der Waals surface area (Å²) in [5.41, 5.74) is 4.13. The summed E-state index contributed by atoms with van der Waals surface area (Å²) in [5.74, 6) is 1.88. The molecular weight excluding hydrogens is 390 g/mol. The number of allylic oxidation sites excluding steroid dienone is 1. The van der Waals surface area contributed by atoms with E-state index in [1.54, 1.807) is 7.11 Å². The van der Waals surface area contributed by atoms with Crippen LogP contribution in [0.1, 0.15) is 24.1 Å². The molecule has 0 saturated heterocycles. The van der Waals surface area contributed by atoms with Crippen molar-refractivity contribution in [3.63, 3.8) is 0 Å². The number of amides is 1. The molecule has 1 aliphatic rings. The van der Waals surface area contributed by atoms with Crippen molar-refractivity contribution in [3.05, 3.63) is 72.6 Å². The van der Waals surface area contributed by atoms with Crippen LogP contribution in [-0.2, 0) is 24.2 Å². The molecule has 1 N–H and O–H groups in total. The second-order valence-electron chi connectivity index (χ2n) is 7.57. The molecule has 0 radical (unpaired) electrons. The molecule has 1 amide bonds.